The van der Waals surface area contributed by atoms with Gasteiger partial charge in [0, 0.05) is 57.3 Å². The number of hydrogen-bond donors (Lipinski definition) is 1. The van der Waals surface area contributed by atoms with Crippen LogP contribution in [-0.4, -0.2) is 22.3 Å². The predicted octanol–water partition coefficient (Wildman–Crippen LogP) is 10.4. The van der Waals surface area contributed by atoms with E-state index in [1.54, 1.807) is 12.1 Å². The van der Waals surface area contributed by atoms with E-state index in [0.29, 0.717) is 12.8 Å². The molecule has 1 N–H and O–H groups in total. The SMILES string of the molecule is C#CCc1cc(C#Cc2ccc(CC(=O)O)cc2)cc2c1OC(C)(C)CC2(C)C.C#CCc1cc(C#Cc2ccc(CC)cc2)cc2c1OC(C)(C)CC2(C)C. The predicted molar refractivity (Wildman–Crippen MR) is 228 cm³/mol. The summed E-state index contributed by atoms with van der Waals surface area (Å²) in [5, 5.41) is 8.88. The Balaban J connectivity index is 0.000000215. The first-order valence-corrected chi connectivity index (χ1v) is 19.4. The Morgan fingerprint density at radius 2 is 0.982 bits per heavy atom. The maximum absolute atomic E-state index is 10.8. The number of aliphatic carboxylic acids is 1. The minimum atomic E-state index is -0.841. The van der Waals surface area contributed by atoms with Crippen LogP contribution in [0.2, 0.25) is 0 Å². The van der Waals surface area contributed by atoms with Crippen LogP contribution < -0.4 is 9.47 Å². The number of aryl methyl sites for hydroxylation is 1. The van der Waals surface area contributed by atoms with Crippen LogP contribution in [0.25, 0.3) is 0 Å². The van der Waals surface area contributed by atoms with Crippen LogP contribution in [-0.2, 0) is 41.3 Å². The van der Waals surface area contributed by atoms with Gasteiger partial charge in [0.15, 0.2) is 0 Å². The average Bonchev–Trinajstić information content (AvgIpc) is 3.10. The van der Waals surface area contributed by atoms with Gasteiger partial charge in [0.2, 0.25) is 0 Å². The second-order valence-corrected chi connectivity index (χ2v) is 17.4. The van der Waals surface area contributed by atoms with E-state index < -0.39 is 5.97 Å². The van der Waals surface area contributed by atoms with Crippen LogP contribution >= 0.6 is 0 Å². The van der Waals surface area contributed by atoms with E-state index in [9.17, 15) is 4.79 Å². The molecule has 2 heterocycles. The molecular weight excluding hydrogens is 689 g/mol. The minimum absolute atomic E-state index is 0.0133. The highest BCUT2D eigenvalue weighted by Crippen LogP contribution is 2.48. The van der Waals surface area contributed by atoms with Crippen molar-refractivity contribution in [3.63, 3.8) is 0 Å². The maximum atomic E-state index is 10.8. The summed E-state index contributed by atoms with van der Waals surface area (Å²) in [5.41, 5.74) is 9.78. The third-order valence-corrected chi connectivity index (χ3v) is 10.2. The molecular formula is C52H54O4. The highest BCUT2D eigenvalue weighted by Gasteiger charge is 2.41. The summed E-state index contributed by atoms with van der Waals surface area (Å²) >= 11 is 0. The van der Waals surface area contributed by atoms with Crippen LogP contribution in [0.5, 0.6) is 11.5 Å². The highest BCUT2D eigenvalue weighted by molar-refractivity contribution is 5.70. The summed E-state index contributed by atoms with van der Waals surface area (Å²) in [6, 6.07) is 24.1. The van der Waals surface area contributed by atoms with E-state index >= 15 is 0 Å². The summed E-state index contributed by atoms with van der Waals surface area (Å²) in [4.78, 5) is 10.8. The van der Waals surface area contributed by atoms with Gasteiger partial charge in [-0.05, 0) is 117 Å². The fraction of sp³-hybridized carbons (Fsp3) is 0.365. The first kappa shape index (κ1) is 41.4. The van der Waals surface area contributed by atoms with Gasteiger partial charge in [-0.1, -0.05) is 82.6 Å². The molecule has 0 saturated carbocycles. The zero-order valence-electron chi connectivity index (χ0n) is 34.5. The number of carbonyl (C=O) groups is 1. The van der Waals surface area contributed by atoms with E-state index in [1.165, 1.54) is 11.1 Å². The largest absolute Gasteiger partial charge is 0.487 e. The lowest BCUT2D eigenvalue weighted by Gasteiger charge is -2.43. The Morgan fingerprint density at radius 3 is 1.34 bits per heavy atom. The zero-order chi connectivity index (χ0) is 40.9. The van der Waals surface area contributed by atoms with Gasteiger partial charge in [0.1, 0.15) is 22.7 Å². The van der Waals surface area contributed by atoms with Gasteiger partial charge in [0.05, 0.1) is 6.42 Å². The highest BCUT2D eigenvalue weighted by atomic mass is 16.5. The van der Waals surface area contributed by atoms with E-state index in [1.807, 2.05) is 18.2 Å². The second-order valence-electron chi connectivity index (χ2n) is 17.4. The smallest absolute Gasteiger partial charge is 0.307 e. The van der Waals surface area contributed by atoms with Crippen LogP contribution in [0.1, 0.15) is 131 Å². The fourth-order valence-electron chi connectivity index (χ4n) is 8.19. The van der Waals surface area contributed by atoms with Gasteiger partial charge in [-0.25, -0.2) is 0 Å². The van der Waals surface area contributed by atoms with Gasteiger partial charge < -0.3 is 14.6 Å². The Kier molecular flexibility index (Phi) is 12.2. The molecule has 0 atom stereocenters. The van der Waals surface area contributed by atoms with Crippen LogP contribution in [0.4, 0.5) is 0 Å². The van der Waals surface area contributed by atoms with Gasteiger partial charge in [0.25, 0.3) is 0 Å². The van der Waals surface area contributed by atoms with Crippen molar-refractivity contribution >= 4 is 5.97 Å². The van der Waals surface area contributed by atoms with Crippen molar-refractivity contribution < 1.29 is 19.4 Å². The van der Waals surface area contributed by atoms with Crippen molar-refractivity contribution in [2.45, 2.75) is 123 Å². The molecule has 286 valence electrons. The summed E-state index contributed by atoms with van der Waals surface area (Å²) in [7, 11) is 0. The molecule has 56 heavy (non-hydrogen) atoms. The molecule has 2 aliphatic rings. The molecule has 0 saturated heterocycles. The van der Waals surface area contributed by atoms with Crippen molar-refractivity contribution in [3.8, 4) is 59.9 Å². The molecule has 4 nitrogen and oxygen atoms in total. The number of rotatable bonds is 5. The summed E-state index contributed by atoms with van der Waals surface area (Å²) in [6.45, 7) is 19.7. The van der Waals surface area contributed by atoms with Gasteiger partial charge in [-0.2, -0.15) is 0 Å². The number of benzene rings is 4. The molecule has 2 aliphatic heterocycles. The molecule has 0 radical (unpaired) electrons. The zero-order valence-corrected chi connectivity index (χ0v) is 34.5. The molecule has 0 spiro atoms. The Labute approximate surface area is 335 Å². The molecule has 0 unspecified atom stereocenters. The molecule has 4 heteroatoms. The van der Waals surface area contributed by atoms with Crippen molar-refractivity contribution in [2.75, 3.05) is 0 Å². The maximum Gasteiger partial charge on any atom is 0.307 e. The molecule has 4 aromatic rings. The van der Waals surface area contributed by atoms with Crippen LogP contribution in [0.15, 0.2) is 72.8 Å². The van der Waals surface area contributed by atoms with E-state index in [0.717, 1.165) is 75.3 Å². The van der Waals surface area contributed by atoms with Crippen molar-refractivity contribution in [1.82, 2.24) is 0 Å². The first-order valence-electron chi connectivity index (χ1n) is 19.4. The number of terminal acetylenes is 2. The number of carboxylic acids is 1. The fourth-order valence-corrected chi connectivity index (χ4v) is 8.19. The minimum Gasteiger partial charge on any atom is -0.487 e. The normalized spacial score (nSPS) is 16.1. The van der Waals surface area contributed by atoms with Crippen LogP contribution in [0.3, 0.4) is 0 Å². The van der Waals surface area contributed by atoms with E-state index in [2.05, 4.69) is 140 Å². The lowest BCUT2D eigenvalue weighted by atomic mass is 9.72. The Morgan fingerprint density at radius 1 is 0.607 bits per heavy atom. The molecule has 0 aromatic heterocycles. The quantitative estimate of drug-likeness (QED) is 0.207. The Hall–Kier alpha value is -5.81. The molecule has 0 aliphatic carbocycles. The van der Waals surface area contributed by atoms with E-state index in [-0.39, 0.29) is 28.5 Å². The number of hydrogen-bond acceptors (Lipinski definition) is 3. The van der Waals surface area contributed by atoms with Crippen molar-refractivity contribution in [2.24, 2.45) is 0 Å². The lowest BCUT2D eigenvalue weighted by molar-refractivity contribution is -0.136. The number of ether oxygens (including phenoxy) is 2. The average molecular weight is 743 g/mol. The standard InChI is InChI=1S/C26H26O3.C26H28O/c1-6-7-21-14-20(13-10-18-8-11-19(12-9-18)16-23(27)28)15-22-24(21)29-26(4,5)17-25(22,2)3;1-7-9-22-16-21(15-14-20-12-10-19(8-2)11-13-20)17-23-24(22)27-26(5,6)18-25(23,3)4/h1,8-9,11-12,14-15H,7,16-17H2,2-5H3,(H,27,28);1,10-13,16-17H,8-9,18H2,2-6H3. The van der Waals surface area contributed by atoms with Gasteiger partial charge in [-0.3, -0.25) is 4.79 Å². The topological polar surface area (TPSA) is 55.8 Å². The lowest BCUT2D eigenvalue weighted by Crippen LogP contribution is -2.41. The van der Waals surface area contributed by atoms with Crippen LogP contribution in [0, 0.1) is 48.4 Å². The Bertz CT molecular complexity index is 2310. The number of fused-ring (bicyclic) bond motifs is 2. The molecule has 6 rings (SSSR count). The van der Waals surface area contributed by atoms with Gasteiger partial charge in [-0.15, -0.1) is 24.7 Å². The third kappa shape index (κ3) is 10.3. The molecule has 0 amide bonds. The van der Waals surface area contributed by atoms with E-state index in [4.69, 9.17) is 27.4 Å². The van der Waals surface area contributed by atoms with Gasteiger partial charge >= 0.3 is 5.97 Å². The first-order chi connectivity index (χ1) is 26.3. The number of carboxylic acid groups (broad SMARTS) is 1. The summed E-state index contributed by atoms with van der Waals surface area (Å²) in [6.07, 6.45) is 15.2. The molecule has 4 aromatic carbocycles. The molecule has 0 fully saturated rings. The third-order valence-electron chi connectivity index (χ3n) is 10.2. The van der Waals surface area contributed by atoms with Crippen molar-refractivity contribution in [3.05, 3.63) is 128 Å². The summed E-state index contributed by atoms with van der Waals surface area (Å²) in [5.74, 6) is 19.5. The second kappa shape index (κ2) is 16.5. The van der Waals surface area contributed by atoms with Crippen molar-refractivity contribution in [1.29, 1.82) is 0 Å². The molecule has 0 bridgehead atoms. The monoisotopic (exact) mass is 742 g/mol. The summed E-state index contributed by atoms with van der Waals surface area (Å²) < 4.78 is 12.6.